The van der Waals surface area contributed by atoms with Crippen LogP contribution < -0.4 is 0 Å². The topological polar surface area (TPSA) is 27.7 Å². The Morgan fingerprint density at radius 1 is 0.644 bits per heavy atom. The van der Waals surface area contributed by atoms with Crippen molar-refractivity contribution in [1.82, 2.24) is 18.7 Å². The van der Waals surface area contributed by atoms with Gasteiger partial charge in [0.25, 0.3) is 0 Å². The van der Waals surface area contributed by atoms with Gasteiger partial charge in [-0.05, 0) is 53.6 Å². The van der Waals surface area contributed by atoms with E-state index < -0.39 is 0 Å². The summed E-state index contributed by atoms with van der Waals surface area (Å²) in [5.41, 5.74) is 9.59. The third-order valence-corrected chi connectivity index (χ3v) is 8.77. The van der Waals surface area contributed by atoms with E-state index in [2.05, 4.69) is 162 Å². The first-order valence-corrected chi connectivity index (χ1v) is 15.0. The number of aromatic nitrogens is 4. The van der Waals surface area contributed by atoms with Crippen molar-refractivity contribution < 1.29 is 21.1 Å². The molecule has 3 heterocycles. The summed E-state index contributed by atoms with van der Waals surface area (Å²) >= 11 is 0. The molecule has 0 fully saturated rings. The molecule has 0 unspecified atom stereocenters. The fourth-order valence-electron chi connectivity index (χ4n) is 6.34. The van der Waals surface area contributed by atoms with Crippen LogP contribution in [0.15, 0.2) is 134 Å². The Labute approximate surface area is 277 Å². The van der Waals surface area contributed by atoms with Crippen LogP contribution in [0.4, 0.5) is 0 Å². The molecule has 5 aromatic carbocycles. The second-order valence-corrected chi connectivity index (χ2v) is 11.9. The van der Waals surface area contributed by atoms with Crippen molar-refractivity contribution in [2.75, 3.05) is 0 Å². The number of benzene rings is 5. The van der Waals surface area contributed by atoms with Crippen LogP contribution in [0.25, 0.3) is 50.0 Å². The van der Waals surface area contributed by atoms with Crippen LogP contribution in [0.1, 0.15) is 30.5 Å². The van der Waals surface area contributed by atoms with E-state index in [-0.39, 0.29) is 26.5 Å². The van der Waals surface area contributed by atoms with Gasteiger partial charge < -0.3 is 4.57 Å². The van der Waals surface area contributed by atoms with Gasteiger partial charge in [-0.25, -0.2) is 9.55 Å². The second-order valence-electron chi connectivity index (χ2n) is 11.9. The Bertz CT molecular complexity index is 2330. The van der Waals surface area contributed by atoms with Crippen LogP contribution >= 0.6 is 0 Å². The largest absolute Gasteiger partial charge is 0.319 e. The van der Waals surface area contributed by atoms with E-state index in [4.69, 9.17) is 4.98 Å². The number of aryl methyl sites for hydroxylation is 1. The standard InChI is InChI=1S/C40H31N4.Pt/c1-28-22-23-41-39(24-28)44-35-17-8-7-16-33(35)34-21-20-30(26-38(34)44)40(2,3)29-12-11-15-32(25-29)43-27-42(31-13-5-4-6-14-31)36-18-9-10-19-37(36)43;/h4-24,27H,1-3H3;/q-1;. The van der Waals surface area contributed by atoms with Gasteiger partial charge in [0, 0.05) is 50.6 Å². The van der Waals surface area contributed by atoms with Crippen molar-refractivity contribution in [3.8, 4) is 17.2 Å². The summed E-state index contributed by atoms with van der Waals surface area (Å²) in [5, 5.41) is 2.37. The van der Waals surface area contributed by atoms with E-state index >= 15 is 0 Å². The summed E-state index contributed by atoms with van der Waals surface area (Å²) in [5.74, 6) is 0.905. The normalized spacial score (nSPS) is 11.7. The minimum atomic E-state index is -0.357. The van der Waals surface area contributed by atoms with E-state index in [9.17, 15) is 0 Å². The molecule has 0 aliphatic rings. The van der Waals surface area contributed by atoms with Crippen molar-refractivity contribution in [3.63, 3.8) is 0 Å². The van der Waals surface area contributed by atoms with E-state index in [1.165, 1.54) is 16.3 Å². The van der Waals surface area contributed by atoms with E-state index in [0.29, 0.717) is 0 Å². The predicted octanol–water partition coefficient (Wildman–Crippen LogP) is 9.43. The molecule has 0 bridgehead atoms. The fourth-order valence-corrected chi connectivity index (χ4v) is 6.34. The maximum atomic E-state index is 4.76. The molecule has 0 aliphatic carbocycles. The molecule has 8 rings (SSSR count). The van der Waals surface area contributed by atoms with Gasteiger partial charge in [-0.1, -0.05) is 67.9 Å². The number of fused-ring (bicyclic) bond motifs is 4. The Hall–Kier alpha value is -4.79. The van der Waals surface area contributed by atoms with Crippen LogP contribution in [0.3, 0.4) is 0 Å². The molecule has 0 atom stereocenters. The third kappa shape index (κ3) is 4.81. The van der Waals surface area contributed by atoms with E-state index in [1.54, 1.807) is 0 Å². The Balaban J connectivity index is 0.00000325. The minimum absolute atomic E-state index is 0. The van der Waals surface area contributed by atoms with Crippen molar-refractivity contribution in [3.05, 3.63) is 163 Å². The molecule has 0 aliphatic heterocycles. The molecule has 0 radical (unpaired) electrons. The van der Waals surface area contributed by atoms with Gasteiger partial charge in [-0.2, -0.15) is 40.5 Å². The molecule has 0 saturated heterocycles. The smallest absolute Gasteiger partial charge is 0.168 e. The van der Waals surface area contributed by atoms with Gasteiger partial charge in [0.1, 0.15) is 11.5 Å². The molecular weight excluding hydrogens is 732 g/mol. The number of hydrogen-bond acceptors (Lipinski definition) is 1. The first kappa shape index (κ1) is 28.9. The maximum absolute atomic E-state index is 4.76. The Morgan fingerprint density at radius 3 is 2.11 bits per heavy atom. The molecule has 4 nitrogen and oxygen atoms in total. The third-order valence-electron chi connectivity index (χ3n) is 8.77. The van der Waals surface area contributed by atoms with E-state index in [0.717, 1.165) is 50.4 Å². The van der Waals surface area contributed by atoms with Crippen LogP contribution in [0, 0.1) is 19.1 Å². The minimum Gasteiger partial charge on any atom is -0.319 e. The number of pyridine rings is 1. The van der Waals surface area contributed by atoms with Crippen LogP contribution in [-0.2, 0) is 26.5 Å². The zero-order chi connectivity index (χ0) is 29.8. The van der Waals surface area contributed by atoms with Crippen molar-refractivity contribution in [2.45, 2.75) is 26.2 Å². The van der Waals surface area contributed by atoms with Gasteiger partial charge in [-0.3, -0.25) is 0 Å². The number of imidazole rings is 1. The Morgan fingerprint density at radius 2 is 1.33 bits per heavy atom. The van der Waals surface area contributed by atoms with Crippen LogP contribution in [0.2, 0.25) is 0 Å². The summed E-state index contributed by atoms with van der Waals surface area (Å²) in [7, 11) is 0. The van der Waals surface area contributed by atoms with Crippen molar-refractivity contribution in [1.29, 1.82) is 0 Å². The van der Waals surface area contributed by atoms with Crippen molar-refractivity contribution >= 4 is 32.8 Å². The molecule has 0 saturated carbocycles. The summed E-state index contributed by atoms with van der Waals surface area (Å²) in [6, 6.07) is 50.2. The number of nitrogens with zero attached hydrogens (tertiary/aromatic N) is 4. The Kier molecular flexibility index (Phi) is 7.26. The summed E-state index contributed by atoms with van der Waals surface area (Å²) in [6.07, 6.45) is 4.04. The van der Waals surface area contributed by atoms with Gasteiger partial charge in [0.05, 0.1) is 0 Å². The average molecular weight is 763 g/mol. The molecule has 8 aromatic rings. The van der Waals surface area contributed by atoms with Crippen LogP contribution in [0.5, 0.6) is 0 Å². The molecular formula is C40H31N4Pt-. The molecule has 3 aromatic heterocycles. The first-order chi connectivity index (χ1) is 21.5. The monoisotopic (exact) mass is 762 g/mol. The maximum Gasteiger partial charge on any atom is 0.168 e. The first-order valence-electron chi connectivity index (χ1n) is 15.0. The molecule has 45 heavy (non-hydrogen) atoms. The fraction of sp³-hybridized carbons (Fsp3) is 0.100. The summed E-state index contributed by atoms with van der Waals surface area (Å²) in [4.78, 5) is 4.76. The van der Waals surface area contributed by atoms with E-state index in [1.807, 2.05) is 18.3 Å². The second kappa shape index (κ2) is 11.3. The average Bonchev–Trinajstić information content (AvgIpc) is 3.61. The van der Waals surface area contributed by atoms with Gasteiger partial charge in [0.15, 0.2) is 17.4 Å². The molecule has 0 amide bonds. The zero-order valence-electron chi connectivity index (χ0n) is 25.3. The zero-order valence-corrected chi connectivity index (χ0v) is 27.6. The molecule has 0 N–H and O–H groups in total. The summed E-state index contributed by atoms with van der Waals surface area (Å²) in [6.45, 7) is 6.63. The number of para-hydroxylation sites is 4. The SMILES string of the molecule is Cc1ccnc(-n2c3[c-]c(C(C)(C)c4[c-]c(-n5[cH+]n(-c6ccccc6)c6ccccc65)ccc4)ccc3c3ccccc32)c1.[Pt]. The molecule has 5 heteroatoms. The van der Waals surface area contributed by atoms with Gasteiger partial charge in [0.2, 0.25) is 0 Å². The number of rotatable bonds is 5. The molecule has 0 spiro atoms. The van der Waals surface area contributed by atoms with Gasteiger partial charge in [-0.15, -0.1) is 23.1 Å². The predicted molar refractivity (Wildman–Crippen MR) is 180 cm³/mol. The summed E-state index contributed by atoms with van der Waals surface area (Å²) < 4.78 is 6.71. The van der Waals surface area contributed by atoms with Crippen molar-refractivity contribution in [2.24, 2.45) is 0 Å². The number of hydrogen-bond donors (Lipinski definition) is 0. The van der Waals surface area contributed by atoms with Crippen LogP contribution in [-0.4, -0.2) is 18.7 Å². The molecule has 222 valence electrons. The van der Waals surface area contributed by atoms with Gasteiger partial charge >= 0.3 is 0 Å². The quantitative estimate of drug-likeness (QED) is 0.161.